The number of hydrogen-bond donors (Lipinski definition) is 2. The van der Waals surface area contributed by atoms with E-state index >= 15 is 0 Å². The molecule has 136 valence electrons. The van der Waals surface area contributed by atoms with Gasteiger partial charge in [0.1, 0.15) is 12.4 Å². The highest BCUT2D eigenvalue weighted by Gasteiger charge is 2.12. The van der Waals surface area contributed by atoms with E-state index in [4.69, 9.17) is 4.74 Å². The molecule has 0 saturated carbocycles. The quantitative estimate of drug-likeness (QED) is 0.625. The van der Waals surface area contributed by atoms with Gasteiger partial charge < -0.3 is 15.2 Å². The Labute approximate surface area is 155 Å². The number of fused-ring (bicyclic) bond motifs is 1. The van der Waals surface area contributed by atoms with Gasteiger partial charge in [0.25, 0.3) is 0 Å². The first-order valence-corrected chi connectivity index (χ1v) is 9.25. The molecule has 26 heavy (non-hydrogen) atoms. The second kappa shape index (κ2) is 8.84. The van der Waals surface area contributed by atoms with E-state index in [0.29, 0.717) is 13.2 Å². The summed E-state index contributed by atoms with van der Waals surface area (Å²) in [7, 11) is 0. The summed E-state index contributed by atoms with van der Waals surface area (Å²) in [4.78, 5) is 0. The molecule has 0 radical (unpaired) electrons. The number of hydrogen-bond acceptors (Lipinski definition) is 3. The van der Waals surface area contributed by atoms with Gasteiger partial charge in [-0.25, -0.2) is 0 Å². The van der Waals surface area contributed by atoms with Crippen LogP contribution in [-0.2, 0) is 13.2 Å². The zero-order chi connectivity index (χ0) is 18.4. The van der Waals surface area contributed by atoms with Gasteiger partial charge in [-0.1, -0.05) is 61.5 Å². The molecule has 3 rings (SSSR count). The van der Waals surface area contributed by atoms with Crippen LogP contribution >= 0.6 is 0 Å². The van der Waals surface area contributed by atoms with Crippen LogP contribution in [0, 0.1) is 6.92 Å². The minimum Gasteiger partial charge on any atom is -0.489 e. The van der Waals surface area contributed by atoms with Gasteiger partial charge >= 0.3 is 0 Å². The van der Waals surface area contributed by atoms with Crippen LogP contribution < -0.4 is 10.1 Å². The van der Waals surface area contributed by atoms with Crippen molar-refractivity contribution in [1.29, 1.82) is 0 Å². The van der Waals surface area contributed by atoms with Crippen molar-refractivity contribution in [2.45, 2.75) is 39.5 Å². The first-order chi connectivity index (χ1) is 12.7. The maximum absolute atomic E-state index is 9.48. The molecular formula is C23H27NO2. The summed E-state index contributed by atoms with van der Waals surface area (Å²) in [5.41, 5.74) is 3.57. The van der Waals surface area contributed by atoms with Crippen molar-refractivity contribution in [3.05, 3.63) is 77.4 Å². The van der Waals surface area contributed by atoms with E-state index in [0.717, 1.165) is 17.7 Å². The molecule has 0 fully saturated rings. The van der Waals surface area contributed by atoms with Crippen molar-refractivity contribution in [3.63, 3.8) is 0 Å². The Morgan fingerprint density at radius 3 is 2.54 bits per heavy atom. The lowest BCUT2D eigenvalue weighted by molar-refractivity contribution is 0.237. The van der Waals surface area contributed by atoms with Crippen molar-refractivity contribution in [2.24, 2.45) is 0 Å². The molecular weight excluding hydrogens is 322 g/mol. The van der Waals surface area contributed by atoms with Crippen LogP contribution in [-0.4, -0.2) is 17.8 Å². The molecule has 0 spiro atoms. The lowest BCUT2D eigenvalue weighted by Crippen LogP contribution is -2.31. The molecule has 0 bridgehead atoms. The van der Waals surface area contributed by atoms with Crippen LogP contribution in [0.2, 0.25) is 0 Å². The Bertz CT molecular complexity index is 856. The van der Waals surface area contributed by atoms with E-state index in [1.165, 1.54) is 21.9 Å². The van der Waals surface area contributed by atoms with Crippen LogP contribution in [0.4, 0.5) is 0 Å². The number of aliphatic hydroxyl groups is 1. The smallest absolute Gasteiger partial charge is 0.124 e. The van der Waals surface area contributed by atoms with E-state index in [1.807, 2.05) is 12.1 Å². The third kappa shape index (κ3) is 4.24. The standard InChI is InChI=1S/C23H27NO2/c1-3-20(15-25)24-14-22-21-11-7-6-9-18(21)12-13-23(22)26-16-19-10-5-4-8-17(19)2/h4-13,20,24-25H,3,14-16H2,1-2H3. The molecule has 2 N–H and O–H groups in total. The first-order valence-electron chi connectivity index (χ1n) is 9.25. The Hall–Kier alpha value is -2.36. The lowest BCUT2D eigenvalue weighted by atomic mass is 10.0. The Kier molecular flexibility index (Phi) is 6.26. The molecule has 3 heteroatoms. The predicted octanol–water partition coefficient (Wildman–Crippen LogP) is 4.59. The molecule has 0 heterocycles. The van der Waals surface area contributed by atoms with E-state index in [9.17, 15) is 5.11 Å². The average molecular weight is 349 g/mol. The second-order valence-electron chi connectivity index (χ2n) is 6.65. The molecule has 0 aliphatic carbocycles. The molecule has 3 aromatic carbocycles. The van der Waals surface area contributed by atoms with E-state index in [-0.39, 0.29) is 12.6 Å². The fourth-order valence-electron chi connectivity index (χ4n) is 3.15. The number of nitrogens with one attached hydrogen (secondary N) is 1. The van der Waals surface area contributed by atoms with Gasteiger partial charge in [-0.3, -0.25) is 0 Å². The Morgan fingerprint density at radius 2 is 1.77 bits per heavy atom. The molecule has 0 amide bonds. The SMILES string of the molecule is CCC(CO)NCc1c(OCc2ccccc2C)ccc2ccccc12. The number of ether oxygens (including phenoxy) is 1. The second-order valence-corrected chi connectivity index (χ2v) is 6.65. The number of aliphatic hydroxyl groups excluding tert-OH is 1. The van der Waals surface area contributed by atoms with Crippen LogP contribution in [0.25, 0.3) is 10.8 Å². The zero-order valence-corrected chi connectivity index (χ0v) is 15.5. The molecule has 0 saturated heterocycles. The normalized spacial score (nSPS) is 12.3. The minimum absolute atomic E-state index is 0.0955. The van der Waals surface area contributed by atoms with Crippen LogP contribution in [0.3, 0.4) is 0 Å². The summed E-state index contributed by atoms with van der Waals surface area (Å²) < 4.78 is 6.21. The highest BCUT2D eigenvalue weighted by atomic mass is 16.5. The van der Waals surface area contributed by atoms with Gasteiger partial charge in [0.15, 0.2) is 0 Å². The van der Waals surface area contributed by atoms with Gasteiger partial charge in [0.2, 0.25) is 0 Å². The van der Waals surface area contributed by atoms with E-state index in [2.05, 4.69) is 67.7 Å². The molecule has 3 aromatic rings. The van der Waals surface area contributed by atoms with E-state index in [1.54, 1.807) is 0 Å². The van der Waals surface area contributed by atoms with Crippen LogP contribution in [0.1, 0.15) is 30.0 Å². The summed E-state index contributed by atoms with van der Waals surface area (Å²) >= 11 is 0. The number of rotatable bonds is 8. The molecule has 0 aliphatic rings. The molecule has 0 aliphatic heterocycles. The van der Waals surface area contributed by atoms with Gasteiger partial charge in [0, 0.05) is 18.2 Å². The van der Waals surface area contributed by atoms with Crippen molar-refractivity contribution in [2.75, 3.05) is 6.61 Å². The molecule has 0 aromatic heterocycles. The van der Waals surface area contributed by atoms with Crippen molar-refractivity contribution >= 4 is 10.8 Å². The zero-order valence-electron chi connectivity index (χ0n) is 15.5. The maximum atomic E-state index is 9.48. The third-order valence-corrected chi connectivity index (χ3v) is 4.92. The third-order valence-electron chi connectivity index (χ3n) is 4.92. The summed E-state index contributed by atoms with van der Waals surface area (Å²) in [6.45, 7) is 5.54. The average Bonchev–Trinajstić information content (AvgIpc) is 2.68. The number of aryl methyl sites for hydroxylation is 1. The van der Waals surface area contributed by atoms with Crippen molar-refractivity contribution in [3.8, 4) is 5.75 Å². The number of benzene rings is 3. The Morgan fingerprint density at radius 1 is 1.00 bits per heavy atom. The van der Waals surface area contributed by atoms with Gasteiger partial charge in [-0.05, 0) is 41.3 Å². The fourth-order valence-corrected chi connectivity index (χ4v) is 3.15. The van der Waals surface area contributed by atoms with Crippen LogP contribution in [0.5, 0.6) is 5.75 Å². The summed E-state index contributed by atoms with van der Waals surface area (Å²) in [5.74, 6) is 0.896. The minimum atomic E-state index is 0.0955. The van der Waals surface area contributed by atoms with Crippen molar-refractivity contribution in [1.82, 2.24) is 5.32 Å². The maximum Gasteiger partial charge on any atom is 0.124 e. The lowest BCUT2D eigenvalue weighted by Gasteiger charge is -2.19. The monoisotopic (exact) mass is 349 g/mol. The Balaban J connectivity index is 1.88. The fraction of sp³-hybridized carbons (Fsp3) is 0.304. The van der Waals surface area contributed by atoms with Gasteiger partial charge in [-0.15, -0.1) is 0 Å². The molecule has 3 nitrogen and oxygen atoms in total. The van der Waals surface area contributed by atoms with E-state index < -0.39 is 0 Å². The predicted molar refractivity (Wildman–Crippen MR) is 107 cm³/mol. The van der Waals surface area contributed by atoms with Crippen LogP contribution in [0.15, 0.2) is 60.7 Å². The summed E-state index contributed by atoms with van der Waals surface area (Å²) in [6, 6.07) is 20.9. The molecule has 1 atom stereocenters. The van der Waals surface area contributed by atoms with Crippen molar-refractivity contribution < 1.29 is 9.84 Å². The van der Waals surface area contributed by atoms with Gasteiger partial charge in [-0.2, -0.15) is 0 Å². The highest BCUT2D eigenvalue weighted by Crippen LogP contribution is 2.29. The highest BCUT2D eigenvalue weighted by molar-refractivity contribution is 5.87. The van der Waals surface area contributed by atoms with Gasteiger partial charge in [0.05, 0.1) is 6.61 Å². The molecule has 1 unspecified atom stereocenters. The largest absolute Gasteiger partial charge is 0.489 e. The summed E-state index contributed by atoms with van der Waals surface area (Å²) in [5, 5.41) is 15.3. The first kappa shape index (κ1) is 18.4. The summed E-state index contributed by atoms with van der Waals surface area (Å²) in [6.07, 6.45) is 0.890. The topological polar surface area (TPSA) is 41.5 Å².